The molecule has 0 saturated carbocycles. The van der Waals surface area contributed by atoms with E-state index in [1.165, 1.54) is 0 Å². The van der Waals surface area contributed by atoms with Gasteiger partial charge in [0.1, 0.15) is 6.04 Å². The molecule has 2 unspecified atom stereocenters. The minimum atomic E-state index is -0.448. The molecule has 2 atom stereocenters. The summed E-state index contributed by atoms with van der Waals surface area (Å²) in [5, 5.41) is 3.64. The zero-order chi connectivity index (χ0) is 20.8. The first-order chi connectivity index (χ1) is 14.0. The number of halogens is 1. The Labute approximate surface area is 182 Å². The molecule has 2 amide bonds. The highest BCUT2D eigenvalue weighted by molar-refractivity contribution is 8.00. The van der Waals surface area contributed by atoms with Crippen LogP contribution in [0.3, 0.4) is 0 Å². The number of carbonyl (C=O) groups is 2. The van der Waals surface area contributed by atoms with E-state index in [2.05, 4.69) is 24.1 Å². The lowest BCUT2D eigenvalue weighted by Crippen LogP contribution is -2.51. The predicted molar refractivity (Wildman–Crippen MR) is 117 cm³/mol. The molecule has 29 heavy (non-hydrogen) atoms. The van der Waals surface area contributed by atoms with Gasteiger partial charge in [-0.3, -0.25) is 14.5 Å². The predicted octanol–water partition coefficient (Wildman–Crippen LogP) is 2.72. The Hall–Kier alpha value is -1.28. The van der Waals surface area contributed by atoms with Crippen LogP contribution in [-0.4, -0.2) is 78.2 Å². The second kappa shape index (κ2) is 10.7. The van der Waals surface area contributed by atoms with E-state index in [4.69, 9.17) is 16.3 Å². The SMILES string of the molecule is CC(C)CC1SCC(C(=O)NCCN2CCOCC2)N1C(=O)c1ccc(Cl)cc1. The zero-order valence-electron chi connectivity index (χ0n) is 17.1. The van der Waals surface area contributed by atoms with Crippen LogP contribution in [0.25, 0.3) is 0 Å². The first-order valence-electron chi connectivity index (χ1n) is 10.2. The molecule has 160 valence electrons. The number of carbonyl (C=O) groups excluding carboxylic acids is 2. The maximum absolute atomic E-state index is 13.3. The van der Waals surface area contributed by atoms with Gasteiger partial charge in [0.05, 0.1) is 18.6 Å². The largest absolute Gasteiger partial charge is 0.379 e. The van der Waals surface area contributed by atoms with Crippen molar-refractivity contribution in [3.63, 3.8) is 0 Å². The van der Waals surface area contributed by atoms with Crippen LogP contribution in [0, 0.1) is 5.92 Å². The van der Waals surface area contributed by atoms with Gasteiger partial charge in [-0.2, -0.15) is 0 Å². The average Bonchev–Trinajstić information content (AvgIpc) is 3.11. The van der Waals surface area contributed by atoms with Gasteiger partial charge in [0, 0.05) is 42.5 Å². The maximum atomic E-state index is 13.3. The minimum absolute atomic E-state index is 0.00757. The Bertz CT molecular complexity index is 695. The van der Waals surface area contributed by atoms with Gasteiger partial charge in [-0.05, 0) is 36.6 Å². The van der Waals surface area contributed by atoms with Crippen LogP contribution in [0.2, 0.25) is 5.02 Å². The number of nitrogens with zero attached hydrogens (tertiary/aromatic N) is 2. The Morgan fingerprint density at radius 1 is 1.24 bits per heavy atom. The number of thioether (sulfide) groups is 1. The van der Waals surface area contributed by atoms with Gasteiger partial charge >= 0.3 is 0 Å². The Morgan fingerprint density at radius 3 is 2.59 bits per heavy atom. The van der Waals surface area contributed by atoms with Crippen molar-refractivity contribution in [1.82, 2.24) is 15.1 Å². The van der Waals surface area contributed by atoms with E-state index in [1.54, 1.807) is 40.9 Å². The molecular formula is C21H30ClN3O3S. The van der Waals surface area contributed by atoms with Crippen LogP contribution in [0.15, 0.2) is 24.3 Å². The third-order valence-electron chi connectivity index (χ3n) is 5.22. The second-order valence-corrected chi connectivity index (χ2v) is 9.54. The number of amides is 2. The molecule has 0 radical (unpaired) electrons. The smallest absolute Gasteiger partial charge is 0.255 e. The highest BCUT2D eigenvalue weighted by Gasteiger charge is 2.41. The van der Waals surface area contributed by atoms with Crippen molar-refractivity contribution >= 4 is 35.2 Å². The molecule has 0 spiro atoms. The van der Waals surface area contributed by atoms with Crippen molar-refractivity contribution in [1.29, 1.82) is 0 Å². The summed E-state index contributed by atoms with van der Waals surface area (Å²) < 4.78 is 5.36. The molecule has 2 aliphatic heterocycles. The highest BCUT2D eigenvalue weighted by Crippen LogP contribution is 2.34. The van der Waals surface area contributed by atoms with Crippen molar-refractivity contribution < 1.29 is 14.3 Å². The highest BCUT2D eigenvalue weighted by atomic mass is 35.5. The molecule has 6 nitrogen and oxygen atoms in total. The van der Waals surface area contributed by atoms with Crippen LogP contribution >= 0.6 is 23.4 Å². The first kappa shape index (κ1) is 22.4. The number of benzene rings is 1. The summed E-state index contributed by atoms with van der Waals surface area (Å²) in [7, 11) is 0. The molecule has 3 rings (SSSR count). The van der Waals surface area contributed by atoms with Gasteiger partial charge in [0.25, 0.3) is 5.91 Å². The fourth-order valence-electron chi connectivity index (χ4n) is 3.64. The third-order valence-corrected chi connectivity index (χ3v) is 6.79. The molecule has 1 aromatic rings. The first-order valence-corrected chi connectivity index (χ1v) is 11.7. The van der Waals surface area contributed by atoms with Crippen LogP contribution in [0.1, 0.15) is 30.6 Å². The number of nitrogens with one attached hydrogen (secondary N) is 1. The van der Waals surface area contributed by atoms with Crippen LogP contribution < -0.4 is 5.32 Å². The monoisotopic (exact) mass is 439 g/mol. The number of rotatable bonds is 7. The van der Waals surface area contributed by atoms with Gasteiger partial charge < -0.3 is 15.0 Å². The van der Waals surface area contributed by atoms with Gasteiger partial charge in [-0.15, -0.1) is 11.8 Å². The molecule has 1 aromatic carbocycles. The zero-order valence-corrected chi connectivity index (χ0v) is 18.7. The lowest BCUT2D eigenvalue weighted by Gasteiger charge is -2.30. The average molecular weight is 440 g/mol. The van der Waals surface area contributed by atoms with Crippen molar-refractivity contribution in [2.24, 2.45) is 5.92 Å². The Kier molecular flexibility index (Phi) is 8.24. The number of ether oxygens (including phenoxy) is 1. The van der Waals surface area contributed by atoms with Gasteiger partial charge in [0.15, 0.2) is 0 Å². The molecule has 0 bridgehead atoms. The van der Waals surface area contributed by atoms with E-state index < -0.39 is 6.04 Å². The molecule has 2 fully saturated rings. The lowest BCUT2D eigenvalue weighted by molar-refractivity contribution is -0.125. The molecular weight excluding hydrogens is 410 g/mol. The van der Waals surface area contributed by atoms with Gasteiger partial charge in [0.2, 0.25) is 5.91 Å². The van der Waals surface area contributed by atoms with Crippen molar-refractivity contribution in [2.75, 3.05) is 45.1 Å². The molecule has 2 saturated heterocycles. The quantitative estimate of drug-likeness (QED) is 0.707. The van der Waals surface area contributed by atoms with E-state index in [9.17, 15) is 9.59 Å². The summed E-state index contributed by atoms with van der Waals surface area (Å²) >= 11 is 7.66. The Balaban J connectivity index is 1.65. The summed E-state index contributed by atoms with van der Waals surface area (Å²) in [5.74, 6) is 0.890. The fraction of sp³-hybridized carbons (Fsp3) is 0.619. The molecule has 1 N–H and O–H groups in total. The van der Waals surface area contributed by atoms with Gasteiger partial charge in [-0.25, -0.2) is 0 Å². The minimum Gasteiger partial charge on any atom is -0.379 e. The summed E-state index contributed by atoms with van der Waals surface area (Å²) in [6, 6.07) is 6.44. The van der Waals surface area contributed by atoms with Crippen LogP contribution in [0.4, 0.5) is 0 Å². The van der Waals surface area contributed by atoms with Crippen LogP contribution in [-0.2, 0) is 9.53 Å². The van der Waals surface area contributed by atoms with Crippen LogP contribution in [0.5, 0.6) is 0 Å². The molecule has 0 aromatic heterocycles. The molecule has 2 heterocycles. The van der Waals surface area contributed by atoms with Crippen molar-refractivity contribution in [3.8, 4) is 0 Å². The van der Waals surface area contributed by atoms with Crippen molar-refractivity contribution in [2.45, 2.75) is 31.7 Å². The number of hydrogen-bond acceptors (Lipinski definition) is 5. The van der Waals surface area contributed by atoms with E-state index in [-0.39, 0.29) is 17.2 Å². The normalized spacial score (nSPS) is 22.8. The lowest BCUT2D eigenvalue weighted by atomic mass is 10.1. The third kappa shape index (κ3) is 6.10. The topological polar surface area (TPSA) is 61.9 Å². The number of morpholine rings is 1. The summed E-state index contributed by atoms with van der Waals surface area (Å²) in [5.41, 5.74) is 0.566. The van der Waals surface area contributed by atoms with E-state index in [0.717, 1.165) is 39.3 Å². The second-order valence-electron chi connectivity index (χ2n) is 7.90. The molecule has 8 heteroatoms. The van der Waals surface area contributed by atoms with E-state index >= 15 is 0 Å². The summed E-state index contributed by atoms with van der Waals surface area (Å²) in [4.78, 5) is 30.2. The number of hydrogen-bond donors (Lipinski definition) is 1. The van der Waals surface area contributed by atoms with Gasteiger partial charge in [-0.1, -0.05) is 25.4 Å². The standard InChI is InChI=1S/C21H30ClN3O3S/c1-15(2)13-19-25(21(27)16-3-5-17(22)6-4-16)18(14-29-19)20(26)23-7-8-24-9-11-28-12-10-24/h3-6,15,18-19H,7-14H2,1-2H3,(H,23,26). The summed E-state index contributed by atoms with van der Waals surface area (Å²) in [6.07, 6.45) is 0.863. The van der Waals surface area contributed by atoms with E-state index in [0.29, 0.717) is 28.8 Å². The summed E-state index contributed by atoms with van der Waals surface area (Å²) in [6.45, 7) is 8.94. The molecule has 0 aliphatic carbocycles. The maximum Gasteiger partial charge on any atom is 0.255 e. The molecule has 2 aliphatic rings. The van der Waals surface area contributed by atoms with Crippen molar-refractivity contribution in [3.05, 3.63) is 34.9 Å². The fourth-order valence-corrected chi connectivity index (χ4v) is 5.41. The Morgan fingerprint density at radius 2 is 1.93 bits per heavy atom. The van der Waals surface area contributed by atoms with E-state index in [1.807, 2.05) is 0 Å².